The molecule has 2 amide bonds. The number of amides is 2. The third-order valence-electron chi connectivity index (χ3n) is 5.81. The summed E-state index contributed by atoms with van der Waals surface area (Å²) >= 11 is 12.4. The average Bonchev–Trinajstić information content (AvgIpc) is 3.48. The maximum atomic E-state index is 13.0. The van der Waals surface area contributed by atoms with Crippen molar-refractivity contribution in [3.05, 3.63) is 63.4 Å². The number of benzene rings is 2. The number of carbonyl (C=O) groups excluding carboxylic acids is 2. The number of imidazole rings is 1. The van der Waals surface area contributed by atoms with Gasteiger partial charge in [0.05, 0.1) is 27.4 Å². The van der Waals surface area contributed by atoms with Crippen molar-refractivity contribution in [2.45, 2.75) is 25.8 Å². The molecule has 1 saturated heterocycles. The monoisotopic (exact) mass is 522 g/mol. The molecule has 11 heteroatoms. The zero-order valence-electron chi connectivity index (χ0n) is 18.5. The Hall–Kier alpha value is -2.62. The lowest BCUT2D eigenvalue weighted by molar-refractivity contribution is 0.0792. The van der Waals surface area contributed by atoms with Crippen LogP contribution in [0.3, 0.4) is 0 Å². The highest BCUT2D eigenvalue weighted by molar-refractivity contribution is 7.91. The highest BCUT2D eigenvalue weighted by Crippen LogP contribution is 2.24. The summed E-state index contributed by atoms with van der Waals surface area (Å²) in [6, 6.07) is 8.60. The molecular formula is C23H24Cl2N4O4S. The van der Waals surface area contributed by atoms with Crippen LogP contribution in [0.1, 0.15) is 52.3 Å². The van der Waals surface area contributed by atoms with Crippen LogP contribution in [0.25, 0.3) is 11.0 Å². The van der Waals surface area contributed by atoms with Crippen molar-refractivity contribution in [1.29, 1.82) is 0 Å². The molecule has 0 saturated carbocycles. The Morgan fingerprint density at radius 1 is 1.15 bits per heavy atom. The molecule has 2 aromatic carbocycles. The largest absolute Gasteiger partial charge is 0.341 e. The number of fused-ring (bicyclic) bond motifs is 1. The molecule has 2 heterocycles. The first-order valence-corrected chi connectivity index (χ1v) is 13.5. The van der Waals surface area contributed by atoms with Crippen molar-refractivity contribution in [2.75, 3.05) is 24.6 Å². The van der Waals surface area contributed by atoms with E-state index in [0.29, 0.717) is 40.5 Å². The van der Waals surface area contributed by atoms with Gasteiger partial charge in [0, 0.05) is 29.4 Å². The summed E-state index contributed by atoms with van der Waals surface area (Å²) in [6.07, 6.45) is 1.92. The molecule has 1 unspecified atom stereocenters. The van der Waals surface area contributed by atoms with Gasteiger partial charge in [0.25, 0.3) is 11.8 Å². The fraction of sp³-hybridized carbons (Fsp3) is 0.348. The molecule has 34 heavy (non-hydrogen) atoms. The minimum Gasteiger partial charge on any atom is -0.341 e. The van der Waals surface area contributed by atoms with Crippen molar-refractivity contribution in [3.8, 4) is 0 Å². The number of halogens is 2. The average molecular weight is 523 g/mol. The summed E-state index contributed by atoms with van der Waals surface area (Å²) in [4.78, 5) is 34.9. The van der Waals surface area contributed by atoms with E-state index in [1.54, 1.807) is 30.0 Å². The fourth-order valence-corrected chi connectivity index (χ4v) is 5.31. The van der Waals surface area contributed by atoms with Gasteiger partial charge in [-0.05, 0) is 49.2 Å². The Morgan fingerprint density at radius 2 is 1.88 bits per heavy atom. The van der Waals surface area contributed by atoms with Crippen LogP contribution in [0.5, 0.6) is 0 Å². The van der Waals surface area contributed by atoms with Gasteiger partial charge < -0.3 is 15.2 Å². The number of sulfone groups is 1. The zero-order valence-corrected chi connectivity index (χ0v) is 20.8. The fourth-order valence-electron chi connectivity index (χ4n) is 3.89. The predicted molar refractivity (Wildman–Crippen MR) is 132 cm³/mol. The van der Waals surface area contributed by atoms with E-state index in [1.165, 1.54) is 18.2 Å². The summed E-state index contributed by atoms with van der Waals surface area (Å²) in [5, 5.41) is 3.42. The van der Waals surface area contributed by atoms with Crippen LogP contribution in [-0.4, -0.2) is 59.7 Å². The second-order valence-corrected chi connectivity index (χ2v) is 11.4. The Balaban J connectivity index is 1.59. The van der Waals surface area contributed by atoms with Gasteiger partial charge in [-0.25, -0.2) is 13.4 Å². The second kappa shape index (κ2) is 9.93. The normalized spacial score (nSPS) is 15.0. The van der Waals surface area contributed by atoms with Gasteiger partial charge >= 0.3 is 0 Å². The quantitative estimate of drug-likeness (QED) is 0.486. The standard InChI is InChI=1S/C23H24Cl2N4O4S/c1-2-34(32,33)13-20(21-26-18-8-6-15(24)12-19(18)27-21)28-22(30)14-5-7-16(17(25)11-14)23(31)29-9-3-4-10-29/h5-8,11-12,20H,2-4,9-10,13H2,1H3,(H,26,27)(H,28,30). The van der Waals surface area contributed by atoms with Gasteiger partial charge in [-0.15, -0.1) is 0 Å². The van der Waals surface area contributed by atoms with Gasteiger partial charge in [-0.3, -0.25) is 9.59 Å². The molecule has 0 bridgehead atoms. The van der Waals surface area contributed by atoms with E-state index in [2.05, 4.69) is 15.3 Å². The molecule has 0 spiro atoms. The van der Waals surface area contributed by atoms with E-state index in [9.17, 15) is 18.0 Å². The number of carbonyl (C=O) groups is 2. The molecule has 3 aromatic rings. The Kier molecular flexibility index (Phi) is 7.16. The van der Waals surface area contributed by atoms with E-state index in [4.69, 9.17) is 23.2 Å². The molecule has 1 aliphatic rings. The van der Waals surface area contributed by atoms with Crippen LogP contribution in [0.15, 0.2) is 36.4 Å². The maximum Gasteiger partial charge on any atom is 0.255 e. The number of nitrogens with one attached hydrogen (secondary N) is 2. The third-order valence-corrected chi connectivity index (χ3v) is 8.08. The van der Waals surface area contributed by atoms with Crippen LogP contribution < -0.4 is 5.32 Å². The molecule has 1 atom stereocenters. The van der Waals surface area contributed by atoms with E-state index < -0.39 is 21.8 Å². The summed E-state index contributed by atoms with van der Waals surface area (Å²) in [5.74, 6) is -0.805. The Bertz CT molecular complexity index is 1350. The Labute approximate surface area is 207 Å². The first kappa shape index (κ1) is 24.5. The van der Waals surface area contributed by atoms with E-state index in [0.717, 1.165) is 12.8 Å². The van der Waals surface area contributed by atoms with Gasteiger partial charge in [-0.1, -0.05) is 30.1 Å². The van der Waals surface area contributed by atoms with Crippen molar-refractivity contribution in [1.82, 2.24) is 20.2 Å². The summed E-state index contributed by atoms with van der Waals surface area (Å²) < 4.78 is 24.8. The van der Waals surface area contributed by atoms with Gasteiger partial charge in [0.1, 0.15) is 11.9 Å². The third kappa shape index (κ3) is 5.37. The molecule has 2 N–H and O–H groups in total. The van der Waals surface area contributed by atoms with E-state index in [1.807, 2.05) is 0 Å². The van der Waals surface area contributed by atoms with Crippen molar-refractivity contribution >= 4 is 55.9 Å². The van der Waals surface area contributed by atoms with Crippen LogP contribution in [0, 0.1) is 0 Å². The maximum absolute atomic E-state index is 13.0. The summed E-state index contributed by atoms with van der Waals surface area (Å²) in [5.41, 5.74) is 1.77. The predicted octanol–water partition coefficient (Wildman–Crippen LogP) is 4.01. The smallest absolute Gasteiger partial charge is 0.255 e. The minimum absolute atomic E-state index is 0.0788. The number of hydrogen-bond acceptors (Lipinski definition) is 5. The van der Waals surface area contributed by atoms with Crippen molar-refractivity contribution in [2.24, 2.45) is 0 Å². The van der Waals surface area contributed by atoms with Crippen LogP contribution in [0.4, 0.5) is 0 Å². The molecule has 1 aromatic heterocycles. The van der Waals surface area contributed by atoms with Crippen LogP contribution >= 0.6 is 23.2 Å². The Morgan fingerprint density at radius 3 is 2.56 bits per heavy atom. The lowest BCUT2D eigenvalue weighted by atomic mass is 10.1. The van der Waals surface area contributed by atoms with Gasteiger partial charge in [0.15, 0.2) is 9.84 Å². The first-order chi connectivity index (χ1) is 16.2. The SMILES string of the molecule is CCS(=O)(=O)CC(NC(=O)c1ccc(C(=O)N2CCCC2)c(Cl)c1)c1nc2ccc(Cl)cc2[nH]1. The molecule has 8 nitrogen and oxygen atoms in total. The molecule has 1 aliphatic heterocycles. The number of aromatic amines is 1. The molecule has 180 valence electrons. The van der Waals surface area contributed by atoms with E-state index >= 15 is 0 Å². The minimum atomic E-state index is -3.45. The van der Waals surface area contributed by atoms with Crippen LogP contribution in [0.2, 0.25) is 10.0 Å². The topological polar surface area (TPSA) is 112 Å². The lowest BCUT2D eigenvalue weighted by Crippen LogP contribution is -2.34. The zero-order chi connectivity index (χ0) is 24.5. The highest BCUT2D eigenvalue weighted by Gasteiger charge is 2.26. The lowest BCUT2D eigenvalue weighted by Gasteiger charge is -2.18. The molecule has 0 aliphatic carbocycles. The number of H-pyrrole nitrogens is 1. The molecule has 4 rings (SSSR count). The van der Waals surface area contributed by atoms with Crippen LogP contribution in [-0.2, 0) is 9.84 Å². The summed E-state index contributed by atoms with van der Waals surface area (Å²) in [6.45, 7) is 2.92. The number of likely N-dealkylation sites (tertiary alicyclic amines) is 1. The van der Waals surface area contributed by atoms with E-state index in [-0.39, 0.29) is 28.0 Å². The van der Waals surface area contributed by atoms with Crippen molar-refractivity contribution < 1.29 is 18.0 Å². The number of nitrogens with zero attached hydrogens (tertiary/aromatic N) is 2. The first-order valence-electron chi connectivity index (χ1n) is 10.9. The highest BCUT2D eigenvalue weighted by atomic mass is 35.5. The van der Waals surface area contributed by atoms with Crippen molar-refractivity contribution in [3.63, 3.8) is 0 Å². The second-order valence-electron chi connectivity index (χ2n) is 8.20. The molecule has 1 fully saturated rings. The number of rotatable bonds is 7. The number of aromatic nitrogens is 2. The van der Waals surface area contributed by atoms with Gasteiger partial charge in [0.2, 0.25) is 0 Å². The molecule has 0 radical (unpaired) electrons. The van der Waals surface area contributed by atoms with Gasteiger partial charge in [-0.2, -0.15) is 0 Å². The molecular weight excluding hydrogens is 499 g/mol. The number of hydrogen-bond donors (Lipinski definition) is 2. The summed E-state index contributed by atoms with van der Waals surface area (Å²) in [7, 11) is -3.45.